The maximum atomic E-state index is 12.6. The minimum absolute atomic E-state index is 0.0348. The molecule has 3 heterocycles. The van der Waals surface area contributed by atoms with Crippen LogP contribution in [0.15, 0.2) is 11.4 Å². The van der Waals surface area contributed by atoms with Crippen molar-refractivity contribution in [3.05, 3.63) is 21.9 Å². The standard InChI is InChI=1S/C14H20N2OS/c1-9-3-6-15-13(9)14(17)16-7-4-12-11(10(16)2)5-8-18-12/h5,8-10,13,15H,3-4,6-7H2,1-2H3. The molecule has 3 nitrogen and oxygen atoms in total. The van der Waals surface area contributed by atoms with E-state index in [0.717, 1.165) is 25.9 Å². The summed E-state index contributed by atoms with van der Waals surface area (Å²) in [6, 6.07) is 2.45. The summed E-state index contributed by atoms with van der Waals surface area (Å²) in [4.78, 5) is 16.1. The molecule has 0 aromatic carbocycles. The first-order valence-corrected chi connectivity index (χ1v) is 7.66. The Kier molecular flexibility index (Phi) is 3.16. The highest BCUT2D eigenvalue weighted by Gasteiger charge is 2.36. The summed E-state index contributed by atoms with van der Waals surface area (Å²) in [5.41, 5.74) is 1.35. The number of carbonyl (C=O) groups is 1. The first kappa shape index (κ1) is 12.2. The van der Waals surface area contributed by atoms with Crippen LogP contribution < -0.4 is 5.32 Å². The summed E-state index contributed by atoms with van der Waals surface area (Å²) in [5.74, 6) is 0.762. The predicted octanol–water partition coefficient (Wildman–Crippen LogP) is 2.19. The van der Waals surface area contributed by atoms with E-state index in [-0.39, 0.29) is 12.1 Å². The first-order chi connectivity index (χ1) is 8.68. The molecule has 98 valence electrons. The van der Waals surface area contributed by atoms with E-state index in [0.29, 0.717) is 11.8 Å². The highest BCUT2D eigenvalue weighted by atomic mass is 32.1. The maximum Gasteiger partial charge on any atom is 0.240 e. The molecule has 3 unspecified atom stereocenters. The van der Waals surface area contributed by atoms with Crippen LogP contribution in [0.5, 0.6) is 0 Å². The van der Waals surface area contributed by atoms with Gasteiger partial charge in [-0.3, -0.25) is 4.79 Å². The Balaban J connectivity index is 1.80. The number of rotatable bonds is 1. The van der Waals surface area contributed by atoms with Crippen molar-refractivity contribution in [2.75, 3.05) is 13.1 Å². The van der Waals surface area contributed by atoms with Crippen LogP contribution in [0.25, 0.3) is 0 Å². The van der Waals surface area contributed by atoms with Gasteiger partial charge in [-0.15, -0.1) is 11.3 Å². The Morgan fingerprint density at radius 3 is 3.06 bits per heavy atom. The third-order valence-corrected chi connectivity index (χ3v) is 5.36. The van der Waals surface area contributed by atoms with E-state index in [1.54, 1.807) is 0 Å². The molecule has 1 fully saturated rings. The van der Waals surface area contributed by atoms with E-state index in [1.165, 1.54) is 10.4 Å². The summed E-state index contributed by atoms with van der Waals surface area (Å²) in [6.07, 6.45) is 2.13. The quantitative estimate of drug-likeness (QED) is 0.843. The molecule has 0 bridgehead atoms. The fourth-order valence-electron chi connectivity index (χ4n) is 3.15. The Bertz CT molecular complexity index is 456. The van der Waals surface area contributed by atoms with Gasteiger partial charge in [0.25, 0.3) is 0 Å². The molecule has 1 aromatic heterocycles. The maximum absolute atomic E-state index is 12.6. The zero-order valence-electron chi connectivity index (χ0n) is 11.0. The van der Waals surface area contributed by atoms with E-state index in [4.69, 9.17) is 0 Å². The third-order valence-electron chi connectivity index (χ3n) is 4.36. The molecule has 3 rings (SSSR count). The number of amides is 1. The number of hydrogen-bond donors (Lipinski definition) is 1. The molecule has 1 N–H and O–H groups in total. The van der Waals surface area contributed by atoms with Crippen LogP contribution in [0.4, 0.5) is 0 Å². The predicted molar refractivity (Wildman–Crippen MR) is 73.7 cm³/mol. The highest BCUT2D eigenvalue weighted by molar-refractivity contribution is 7.10. The number of fused-ring (bicyclic) bond motifs is 1. The van der Waals surface area contributed by atoms with Gasteiger partial charge < -0.3 is 10.2 Å². The molecule has 1 saturated heterocycles. The van der Waals surface area contributed by atoms with Gasteiger partial charge in [-0.05, 0) is 49.2 Å². The fraction of sp³-hybridized carbons (Fsp3) is 0.643. The largest absolute Gasteiger partial charge is 0.334 e. The summed E-state index contributed by atoms with van der Waals surface area (Å²) in [6.45, 7) is 6.18. The first-order valence-electron chi connectivity index (χ1n) is 6.78. The van der Waals surface area contributed by atoms with Gasteiger partial charge in [0.15, 0.2) is 0 Å². The van der Waals surface area contributed by atoms with Crippen molar-refractivity contribution >= 4 is 17.2 Å². The Morgan fingerprint density at radius 1 is 1.50 bits per heavy atom. The van der Waals surface area contributed by atoms with Crippen LogP contribution in [0.2, 0.25) is 0 Å². The minimum atomic E-state index is 0.0348. The second kappa shape index (κ2) is 4.67. The molecule has 3 atom stereocenters. The van der Waals surface area contributed by atoms with Crippen LogP contribution in [0.3, 0.4) is 0 Å². The Hall–Kier alpha value is -0.870. The van der Waals surface area contributed by atoms with E-state index >= 15 is 0 Å². The molecule has 0 saturated carbocycles. The summed E-state index contributed by atoms with van der Waals surface area (Å²) in [5, 5.41) is 5.50. The highest BCUT2D eigenvalue weighted by Crippen LogP contribution is 2.34. The SMILES string of the molecule is CC1CCNC1C(=O)N1CCc2sccc2C1C. The van der Waals surface area contributed by atoms with E-state index in [9.17, 15) is 4.79 Å². The number of thiophene rings is 1. The smallest absolute Gasteiger partial charge is 0.240 e. The molecule has 0 aliphatic carbocycles. The van der Waals surface area contributed by atoms with Crippen molar-refractivity contribution in [2.45, 2.75) is 38.8 Å². The van der Waals surface area contributed by atoms with Crippen LogP contribution in [-0.4, -0.2) is 29.9 Å². The van der Waals surface area contributed by atoms with Gasteiger partial charge in [-0.1, -0.05) is 6.92 Å². The molecule has 18 heavy (non-hydrogen) atoms. The normalized spacial score (nSPS) is 31.4. The van der Waals surface area contributed by atoms with E-state index in [2.05, 4.69) is 35.5 Å². The van der Waals surface area contributed by atoms with Gasteiger partial charge in [0.1, 0.15) is 0 Å². The lowest BCUT2D eigenvalue weighted by atomic mass is 9.97. The molecular weight excluding hydrogens is 244 g/mol. The van der Waals surface area contributed by atoms with Gasteiger partial charge in [-0.25, -0.2) is 0 Å². The second-order valence-corrected chi connectivity index (χ2v) is 6.46. The van der Waals surface area contributed by atoms with Gasteiger partial charge in [0.05, 0.1) is 12.1 Å². The molecule has 1 amide bonds. The zero-order valence-corrected chi connectivity index (χ0v) is 11.8. The lowest BCUT2D eigenvalue weighted by Crippen LogP contribution is -2.48. The summed E-state index contributed by atoms with van der Waals surface area (Å²) < 4.78 is 0. The molecule has 4 heteroatoms. The number of nitrogens with zero attached hydrogens (tertiary/aromatic N) is 1. The topological polar surface area (TPSA) is 32.3 Å². The molecular formula is C14H20N2OS. The van der Waals surface area contributed by atoms with Crippen molar-refractivity contribution in [2.24, 2.45) is 5.92 Å². The van der Waals surface area contributed by atoms with Crippen molar-refractivity contribution in [3.8, 4) is 0 Å². The van der Waals surface area contributed by atoms with Gasteiger partial charge in [-0.2, -0.15) is 0 Å². The summed E-state index contributed by atoms with van der Waals surface area (Å²) in [7, 11) is 0. The van der Waals surface area contributed by atoms with E-state index < -0.39 is 0 Å². The van der Waals surface area contributed by atoms with Crippen molar-refractivity contribution < 1.29 is 4.79 Å². The van der Waals surface area contributed by atoms with Crippen molar-refractivity contribution in [3.63, 3.8) is 0 Å². The number of nitrogens with one attached hydrogen (secondary N) is 1. The molecule has 0 spiro atoms. The fourth-order valence-corrected chi connectivity index (χ4v) is 4.12. The number of carbonyl (C=O) groups excluding carboxylic acids is 1. The van der Waals surface area contributed by atoms with Crippen LogP contribution >= 0.6 is 11.3 Å². The van der Waals surface area contributed by atoms with E-state index in [1.807, 2.05) is 11.3 Å². The third kappa shape index (κ3) is 1.88. The molecule has 1 aromatic rings. The molecule has 0 radical (unpaired) electrons. The van der Waals surface area contributed by atoms with Crippen molar-refractivity contribution in [1.29, 1.82) is 0 Å². The van der Waals surface area contributed by atoms with Crippen LogP contribution in [0.1, 0.15) is 36.8 Å². The number of hydrogen-bond acceptors (Lipinski definition) is 3. The average molecular weight is 264 g/mol. The minimum Gasteiger partial charge on any atom is -0.334 e. The van der Waals surface area contributed by atoms with Crippen molar-refractivity contribution in [1.82, 2.24) is 10.2 Å². The average Bonchev–Trinajstić information content (AvgIpc) is 2.97. The zero-order chi connectivity index (χ0) is 12.7. The molecule has 2 aliphatic heterocycles. The Morgan fingerprint density at radius 2 is 2.33 bits per heavy atom. The van der Waals surface area contributed by atoms with Gasteiger partial charge >= 0.3 is 0 Å². The van der Waals surface area contributed by atoms with Crippen LogP contribution in [-0.2, 0) is 11.2 Å². The van der Waals surface area contributed by atoms with Crippen LogP contribution in [0, 0.1) is 5.92 Å². The lowest BCUT2D eigenvalue weighted by molar-refractivity contribution is -0.136. The lowest BCUT2D eigenvalue weighted by Gasteiger charge is -2.36. The van der Waals surface area contributed by atoms with Gasteiger partial charge in [0.2, 0.25) is 5.91 Å². The Labute approximate surface area is 112 Å². The molecule has 2 aliphatic rings. The second-order valence-electron chi connectivity index (χ2n) is 5.45. The summed E-state index contributed by atoms with van der Waals surface area (Å²) >= 11 is 1.82. The monoisotopic (exact) mass is 264 g/mol. The van der Waals surface area contributed by atoms with Gasteiger partial charge in [0, 0.05) is 11.4 Å².